The van der Waals surface area contributed by atoms with Gasteiger partial charge in [0.2, 0.25) is 0 Å². The molecule has 0 spiro atoms. The van der Waals surface area contributed by atoms with Crippen LogP contribution in [0.2, 0.25) is 0 Å². The predicted octanol–water partition coefficient (Wildman–Crippen LogP) is 2.91. The smallest absolute Gasteiger partial charge is 0.0121 e. The van der Waals surface area contributed by atoms with Crippen LogP contribution in [0.1, 0.15) is 53.4 Å². The van der Waals surface area contributed by atoms with Crippen molar-refractivity contribution in [3.05, 3.63) is 0 Å². The number of piperazine rings is 1. The lowest BCUT2D eigenvalue weighted by atomic mass is 10.0. The molecular formula is C18H37N3. The standard InChI is InChI=1S/C18H37N3/c1-5-17(4)6-9-19-12-14-21(15-13-19)18-7-10-20(11-8-18)16(2)3/h16-18H,5-15H2,1-4H3. The minimum absolute atomic E-state index is 0.725. The van der Waals surface area contributed by atoms with Crippen LogP contribution in [0.15, 0.2) is 0 Å². The summed E-state index contributed by atoms with van der Waals surface area (Å²) in [4.78, 5) is 8.10. The monoisotopic (exact) mass is 295 g/mol. The van der Waals surface area contributed by atoms with Crippen LogP contribution in [0, 0.1) is 5.92 Å². The predicted molar refractivity (Wildman–Crippen MR) is 91.8 cm³/mol. The first-order chi connectivity index (χ1) is 10.1. The van der Waals surface area contributed by atoms with Crippen molar-refractivity contribution in [1.29, 1.82) is 0 Å². The number of hydrogen-bond donors (Lipinski definition) is 0. The average molecular weight is 296 g/mol. The van der Waals surface area contributed by atoms with Gasteiger partial charge in [-0.2, -0.15) is 0 Å². The van der Waals surface area contributed by atoms with Crippen LogP contribution >= 0.6 is 0 Å². The molecule has 0 aromatic rings. The van der Waals surface area contributed by atoms with E-state index in [4.69, 9.17) is 0 Å². The highest BCUT2D eigenvalue weighted by molar-refractivity contribution is 4.84. The molecule has 2 heterocycles. The lowest BCUT2D eigenvalue weighted by molar-refractivity contribution is 0.0504. The van der Waals surface area contributed by atoms with Gasteiger partial charge in [-0.25, -0.2) is 0 Å². The molecule has 21 heavy (non-hydrogen) atoms. The Labute approximate surface area is 132 Å². The van der Waals surface area contributed by atoms with Crippen LogP contribution in [0.4, 0.5) is 0 Å². The maximum Gasteiger partial charge on any atom is 0.0121 e. The first-order valence-corrected chi connectivity index (χ1v) is 9.30. The number of rotatable bonds is 6. The molecule has 0 radical (unpaired) electrons. The molecule has 0 aromatic heterocycles. The molecule has 2 rings (SSSR count). The Kier molecular flexibility index (Phi) is 6.97. The van der Waals surface area contributed by atoms with Gasteiger partial charge in [0.15, 0.2) is 0 Å². The maximum absolute atomic E-state index is 2.78. The van der Waals surface area contributed by atoms with E-state index in [2.05, 4.69) is 42.4 Å². The van der Waals surface area contributed by atoms with Crippen LogP contribution in [-0.4, -0.2) is 72.6 Å². The van der Waals surface area contributed by atoms with E-state index in [1.54, 1.807) is 0 Å². The maximum atomic E-state index is 2.78. The second-order valence-corrected chi connectivity index (χ2v) is 7.54. The molecule has 3 nitrogen and oxygen atoms in total. The summed E-state index contributed by atoms with van der Waals surface area (Å²) in [5, 5.41) is 0. The van der Waals surface area contributed by atoms with E-state index in [0.717, 1.165) is 18.0 Å². The molecule has 0 amide bonds. The van der Waals surface area contributed by atoms with Gasteiger partial charge in [0.1, 0.15) is 0 Å². The molecule has 2 aliphatic rings. The summed E-state index contributed by atoms with van der Waals surface area (Å²) in [6, 6.07) is 1.58. The number of nitrogens with zero attached hydrogens (tertiary/aromatic N) is 3. The van der Waals surface area contributed by atoms with E-state index in [9.17, 15) is 0 Å². The Morgan fingerprint density at radius 2 is 1.52 bits per heavy atom. The summed E-state index contributed by atoms with van der Waals surface area (Å²) in [5.41, 5.74) is 0. The zero-order chi connectivity index (χ0) is 15.2. The fraction of sp³-hybridized carbons (Fsp3) is 1.00. The van der Waals surface area contributed by atoms with Gasteiger partial charge in [-0.05, 0) is 58.7 Å². The van der Waals surface area contributed by atoms with Crippen molar-refractivity contribution in [3.8, 4) is 0 Å². The third kappa shape index (κ3) is 5.22. The van der Waals surface area contributed by atoms with Crippen molar-refractivity contribution in [2.75, 3.05) is 45.8 Å². The van der Waals surface area contributed by atoms with Crippen molar-refractivity contribution in [2.45, 2.75) is 65.5 Å². The van der Waals surface area contributed by atoms with Crippen LogP contribution in [-0.2, 0) is 0 Å². The van der Waals surface area contributed by atoms with Crippen LogP contribution in [0.3, 0.4) is 0 Å². The second kappa shape index (κ2) is 8.50. The SMILES string of the molecule is CCC(C)CCN1CCN(C2CCN(C(C)C)CC2)CC1. The number of piperidine rings is 1. The summed E-state index contributed by atoms with van der Waals surface area (Å²) in [6.07, 6.45) is 5.47. The molecule has 0 N–H and O–H groups in total. The Morgan fingerprint density at radius 1 is 0.905 bits per heavy atom. The summed E-state index contributed by atoms with van der Waals surface area (Å²) < 4.78 is 0. The lowest BCUT2D eigenvalue weighted by Gasteiger charge is -2.43. The van der Waals surface area contributed by atoms with Gasteiger partial charge < -0.3 is 9.80 Å². The first-order valence-electron chi connectivity index (χ1n) is 9.30. The Bertz CT molecular complexity index is 276. The van der Waals surface area contributed by atoms with E-state index < -0.39 is 0 Å². The van der Waals surface area contributed by atoms with Gasteiger partial charge in [0, 0.05) is 38.3 Å². The van der Waals surface area contributed by atoms with Gasteiger partial charge >= 0.3 is 0 Å². The molecule has 0 bridgehead atoms. The molecular weight excluding hydrogens is 258 g/mol. The number of hydrogen-bond acceptors (Lipinski definition) is 3. The minimum Gasteiger partial charge on any atom is -0.301 e. The molecule has 1 unspecified atom stereocenters. The zero-order valence-electron chi connectivity index (χ0n) is 14.9. The van der Waals surface area contributed by atoms with Gasteiger partial charge in [-0.1, -0.05) is 20.3 Å². The van der Waals surface area contributed by atoms with Gasteiger partial charge in [0.25, 0.3) is 0 Å². The van der Waals surface area contributed by atoms with Gasteiger partial charge in [-0.15, -0.1) is 0 Å². The molecule has 0 saturated carbocycles. The average Bonchev–Trinajstić information content (AvgIpc) is 2.53. The summed E-state index contributed by atoms with van der Waals surface area (Å²) >= 11 is 0. The van der Waals surface area contributed by atoms with Gasteiger partial charge in [0.05, 0.1) is 0 Å². The second-order valence-electron chi connectivity index (χ2n) is 7.54. The highest BCUT2D eigenvalue weighted by Crippen LogP contribution is 2.20. The lowest BCUT2D eigenvalue weighted by Crippen LogP contribution is -2.53. The summed E-state index contributed by atoms with van der Waals surface area (Å²) in [5.74, 6) is 0.892. The number of likely N-dealkylation sites (tertiary alicyclic amines) is 1. The van der Waals surface area contributed by atoms with Crippen LogP contribution in [0.25, 0.3) is 0 Å². The Hall–Kier alpha value is -0.120. The van der Waals surface area contributed by atoms with Crippen molar-refractivity contribution in [3.63, 3.8) is 0 Å². The topological polar surface area (TPSA) is 9.72 Å². The largest absolute Gasteiger partial charge is 0.301 e. The third-order valence-corrected chi connectivity index (χ3v) is 5.79. The van der Waals surface area contributed by atoms with Crippen LogP contribution < -0.4 is 0 Å². The highest BCUT2D eigenvalue weighted by Gasteiger charge is 2.27. The molecule has 0 aromatic carbocycles. The van der Waals surface area contributed by atoms with E-state index in [1.807, 2.05) is 0 Å². The van der Waals surface area contributed by atoms with E-state index in [-0.39, 0.29) is 0 Å². The highest BCUT2D eigenvalue weighted by atomic mass is 15.3. The normalized spacial score (nSPS) is 25.6. The Balaban J connectivity index is 1.65. The Morgan fingerprint density at radius 3 is 2.05 bits per heavy atom. The molecule has 124 valence electrons. The van der Waals surface area contributed by atoms with E-state index >= 15 is 0 Å². The fourth-order valence-electron chi connectivity index (χ4n) is 3.73. The van der Waals surface area contributed by atoms with Crippen LogP contribution in [0.5, 0.6) is 0 Å². The van der Waals surface area contributed by atoms with Crippen molar-refractivity contribution in [2.24, 2.45) is 5.92 Å². The van der Waals surface area contributed by atoms with Crippen molar-refractivity contribution in [1.82, 2.24) is 14.7 Å². The van der Waals surface area contributed by atoms with Gasteiger partial charge in [-0.3, -0.25) is 4.90 Å². The molecule has 2 fully saturated rings. The zero-order valence-corrected chi connectivity index (χ0v) is 14.9. The fourth-order valence-corrected chi connectivity index (χ4v) is 3.73. The molecule has 0 aliphatic carbocycles. The van der Waals surface area contributed by atoms with Crippen molar-refractivity contribution >= 4 is 0 Å². The third-order valence-electron chi connectivity index (χ3n) is 5.79. The van der Waals surface area contributed by atoms with E-state index in [1.165, 1.54) is 71.5 Å². The summed E-state index contributed by atoms with van der Waals surface area (Å²) in [6.45, 7) is 18.5. The molecule has 3 heteroatoms. The molecule has 1 atom stereocenters. The molecule has 2 aliphatic heterocycles. The minimum atomic E-state index is 0.725. The summed E-state index contributed by atoms with van der Waals surface area (Å²) in [7, 11) is 0. The quantitative estimate of drug-likeness (QED) is 0.746. The first kappa shape index (κ1) is 17.2. The van der Waals surface area contributed by atoms with Crippen molar-refractivity contribution < 1.29 is 0 Å². The molecule has 2 saturated heterocycles. The van der Waals surface area contributed by atoms with E-state index in [0.29, 0.717) is 0 Å².